The van der Waals surface area contributed by atoms with Crippen LogP contribution in [-0.4, -0.2) is 29.2 Å². The molecule has 0 aromatic carbocycles. The van der Waals surface area contributed by atoms with Gasteiger partial charge in [-0.15, -0.1) is 0 Å². The highest BCUT2D eigenvalue weighted by Crippen LogP contribution is 2.35. The van der Waals surface area contributed by atoms with Crippen LogP contribution >= 0.6 is 0 Å². The summed E-state index contributed by atoms with van der Waals surface area (Å²) in [6, 6.07) is -1.08. The van der Waals surface area contributed by atoms with Gasteiger partial charge in [0.15, 0.2) is 0 Å². The van der Waals surface area contributed by atoms with Gasteiger partial charge in [-0.25, -0.2) is 9.59 Å². The number of carboxylic acids is 1. The molecule has 20 heavy (non-hydrogen) atoms. The summed E-state index contributed by atoms with van der Waals surface area (Å²) in [6.45, 7) is 8.06. The maximum Gasteiger partial charge on any atom is 0.326 e. The Morgan fingerprint density at radius 1 is 1.35 bits per heavy atom. The molecule has 1 aliphatic carbocycles. The predicted octanol–water partition coefficient (Wildman–Crippen LogP) is 2.75. The van der Waals surface area contributed by atoms with Gasteiger partial charge >= 0.3 is 12.0 Å². The molecule has 2 amide bonds. The van der Waals surface area contributed by atoms with Crippen LogP contribution in [0.2, 0.25) is 0 Å². The zero-order valence-corrected chi connectivity index (χ0v) is 13.0. The highest BCUT2D eigenvalue weighted by molar-refractivity contribution is 5.82. The molecule has 0 radical (unpaired) electrons. The van der Waals surface area contributed by atoms with E-state index in [4.69, 9.17) is 0 Å². The first-order chi connectivity index (χ1) is 9.27. The summed E-state index contributed by atoms with van der Waals surface area (Å²) in [7, 11) is 0. The third kappa shape index (κ3) is 4.39. The molecule has 5 nitrogen and oxygen atoms in total. The fraction of sp³-hybridized carbons (Fsp3) is 0.867. The van der Waals surface area contributed by atoms with Crippen LogP contribution in [-0.2, 0) is 4.79 Å². The molecule has 2 unspecified atom stereocenters. The summed E-state index contributed by atoms with van der Waals surface area (Å²) in [5.74, 6) is -1.06. The first-order valence-corrected chi connectivity index (χ1v) is 7.57. The number of aliphatic carboxylic acids is 1. The van der Waals surface area contributed by atoms with Gasteiger partial charge in [-0.05, 0) is 24.2 Å². The Kier molecular flexibility index (Phi) is 5.84. The van der Waals surface area contributed by atoms with Gasteiger partial charge in [-0.3, -0.25) is 0 Å². The Morgan fingerprint density at radius 2 is 2.00 bits per heavy atom. The van der Waals surface area contributed by atoms with E-state index in [2.05, 4.69) is 24.5 Å². The van der Waals surface area contributed by atoms with Crippen LogP contribution in [0.3, 0.4) is 0 Å². The number of rotatable bonds is 5. The molecular weight excluding hydrogens is 256 g/mol. The smallest absolute Gasteiger partial charge is 0.326 e. The van der Waals surface area contributed by atoms with Crippen molar-refractivity contribution >= 4 is 12.0 Å². The second-order valence-corrected chi connectivity index (χ2v) is 6.61. The second-order valence-electron chi connectivity index (χ2n) is 6.61. The number of urea groups is 1. The molecular formula is C15H28N2O3. The minimum absolute atomic E-state index is 0.0741. The molecule has 0 aromatic heterocycles. The Bertz CT molecular complexity index is 355. The standard InChI is InChI=1S/C15H28N2O3/c1-5-10(2)12(13(18)19)17-14(20)16-11-8-6-7-9-15(11,3)4/h10-12H,5-9H2,1-4H3,(H,18,19)(H2,16,17,20)/t10?,11?,12-/m0/s1. The van der Waals surface area contributed by atoms with E-state index in [1.807, 2.05) is 13.8 Å². The summed E-state index contributed by atoms with van der Waals surface area (Å²) < 4.78 is 0. The maximum atomic E-state index is 12.0. The average Bonchev–Trinajstić information content (AvgIpc) is 2.37. The van der Waals surface area contributed by atoms with Crippen molar-refractivity contribution in [3.63, 3.8) is 0 Å². The molecule has 1 rings (SSSR count). The van der Waals surface area contributed by atoms with E-state index < -0.39 is 12.0 Å². The average molecular weight is 284 g/mol. The molecule has 0 aromatic rings. The quantitative estimate of drug-likeness (QED) is 0.726. The van der Waals surface area contributed by atoms with Gasteiger partial charge in [0.1, 0.15) is 6.04 Å². The van der Waals surface area contributed by atoms with E-state index in [9.17, 15) is 14.7 Å². The van der Waals surface area contributed by atoms with Gasteiger partial charge in [0.25, 0.3) is 0 Å². The summed E-state index contributed by atoms with van der Waals surface area (Å²) in [5, 5.41) is 14.8. The SMILES string of the molecule is CCC(C)[C@H](NC(=O)NC1CCCCC1(C)C)C(=O)O. The van der Waals surface area contributed by atoms with Gasteiger partial charge < -0.3 is 15.7 Å². The minimum Gasteiger partial charge on any atom is -0.480 e. The van der Waals surface area contributed by atoms with Crippen LogP contribution in [0, 0.1) is 11.3 Å². The van der Waals surface area contributed by atoms with Crippen molar-refractivity contribution in [1.82, 2.24) is 10.6 Å². The Labute approximate surface area is 121 Å². The van der Waals surface area contributed by atoms with Crippen molar-refractivity contribution in [3.8, 4) is 0 Å². The first-order valence-electron chi connectivity index (χ1n) is 7.57. The lowest BCUT2D eigenvalue weighted by Gasteiger charge is -2.39. The van der Waals surface area contributed by atoms with Crippen molar-refractivity contribution < 1.29 is 14.7 Å². The summed E-state index contributed by atoms with van der Waals surface area (Å²) in [5.41, 5.74) is 0.0741. The van der Waals surface area contributed by atoms with E-state index >= 15 is 0 Å². The van der Waals surface area contributed by atoms with E-state index in [0.717, 1.165) is 19.3 Å². The van der Waals surface area contributed by atoms with Gasteiger partial charge in [-0.1, -0.05) is 47.0 Å². The zero-order valence-electron chi connectivity index (χ0n) is 13.0. The number of nitrogens with one attached hydrogen (secondary N) is 2. The van der Waals surface area contributed by atoms with Gasteiger partial charge in [-0.2, -0.15) is 0 Å². The molecule has 5 heteroatoms. The number of hydrogen-bond acceptors (Lipinski definition) is 2. The third-order valence-corrected chi connectivity index (χ3v) is 4.58. The normalized spacial score (nSPS) is 24.5. The van der Waals surface area contributed by atoms with Crippen molar-refractivity contribution in [3.05, 3.63) is 0 Å². The lowest BCUT2D eigenvalue weighted by atomic mass is 9.73. The molecule has 0 aliphatic heterocycles. The molecule has 3 N–H and O–H groups in total. The number of carbonyl (C=O) groups is 2. The highest BCUT2D eigenvalue weighted by Gasteiger charge is 2.34. The fourth-order valence-corrected chi connectivity index (χ4v) is 2.79. The van der Waals surface area contributed by atoms with Gasteiger partial charge in [0, 0.05) is 6.04 Å². The van der Waals surface area contributed by atoms with Crippen molar-refractivity contribution in [2.24, 2.45) is 11.3 Å². The monoisotopic (exact) mass is 284 g/mol. The lowest BCUT2D eigenvalue weighted by Crippen LogP contribution is -2.54. The topological polar surface area (TPSA) is 78.4 Å². The maximum absolute atomic E-state index is 12.0. The van der Waals surface area contributed by atoms with Crippen molar-refractivity contribution in [2.45, 2.75) is 71.9 Å². The summed E-state index contributed by atoms with van der Waals surface area (Å²) in [6.07, 6.45) is 5.07. The van der Waals surface area contributed by atoms with Gasteiger partial charge in [0.2, 0.25) is 0 Å². The Morgan fingerprint density at radius 3 is 2.50 bits per heavy atom. The third-order valence-electron chi connectivity index (χ3n) is 4.58. The molecule has 3 atom stereocenters. The number of carbonyl (C=O) groups excluding carboxylic acids is 1. The number of hydrogen-bond donors (Lipinski definition) is 3. The predicted molar refractivity (Wildman–Crippen MR) is 78.6 cm³/mol. The van der Waals surface area contributed by atoms with E-state index in [-0.39, 0.29) is 23.4 Å². The highest BCUT2D eigenvalue weighted by atomic mass is 16.4. The fourth-order valence-electron chi connectivity index (χ4n) is 2.79. The summed E-state index contributed by atoms with van der Waals surface area (Å²) >= 11 is 0. The zero-order chi connectivity index (χ0) is 15.3. The molecule has 116 valence electrons. The number of amides is 2. The van der Waals surface area contributed by atoms with Crippen LogP contribution in [0.25, 0.3) is 0 Å². The van der Waals surface area contributed by atoms with Crippen LogP contribution < -0.4 is 10.6 Å². The Balaban J connectivity index is 2.59. The number of carboxylic acid groups (broad SMARTS) is 1. The van der Waals surface area contributed by atoms with Crippen LogP contribution in [0.4, 0.5) is 4.79 Å². The van der Waals surface area contributed by atoms with Crippen molar-refractivity contribution in [1.29, 1.82) is 0 Å². The molecule has 1 saturated carbocycles. The van der Waals surface area contributed by atoms with Gasteiger partial charge in [0.05, 0.1) is 0 Å². The Hall–Kier alpha value is -1.26. The lowest BCUT2D eigenvalue weighted by molar-refractivity contribution is -0.140. The molecule has 1 aliphatic rings. The first kappa shape index (κ1) is 16.8. The molecule has 0 heterocycles. The second kappa shape index (κ2) is 6.95. The van der Waals surface area contributed by atoms with E-state index in [1.54, 1.807) is 0 Å². The van der Waals surface area contributed by atoms with Crippen LogP contribution in [0.5, 0.6) is 0 Å². The molecule has 0 bridgehead atoms. The molecule has 0 spiro atoms. The van der Waals surface area contributed by atoms with E-state index in [1.165, 1.54) is 6.42 Å². The summed E-state index contributed by atoms with van der Waals surface area (Å²) in [4.78, 5) is 23.3. The van der Waals surface area contributed by atoms with Crippen molar-refractivity contribution in [2.75, 3.05) is 0 Å². The van der Waals surface area contributed by atoms with E-state index in [0.29, 0.717) is 6.42 Å². The van der Waals surface area contributed by atoms with Crippen LogP contribution in [0.1, 0.15) is 59.8 Å². The molecule has 1 fully saturated rings. The van der Waals surface area contributed by atoms with Crippen LogP contribution in [0.15, 0.2) is 0 Å². The largest absolute Gasteiger partial charge is 0.480 e. The molecule has 0 saturated heterocycles. The minimum atomic E-state index is -0.975.